The molecule has 0 saturated heterocycles. The number of aromatic nitrogens is 2. The molecule has 3 aromatic carbocycles. The molecule has 28 heavy (non-hydrogen) atoms. The van der Waals surface area contributed by atoms with Gasteiger partial charge in [0.05, 0.1) is 11.2 Å². The van der Waals surface area contributed by atoms with Crippen LogP contribution in [0.25, 0.3) is 22.3 Å². The number of hydrogen-bond acceptors (Lipinski definition) is 4. The topological polar surface area (TPSA) is 50.2 Å². The molecule has 0 amide bonds. The van der Waals surface area contributed by atoms with E-state index in [1.807, 2.05) is 62.4 Å². The minimum Gasteiger partial charge on any atom is -0.260 e. The van der Waals surface area contributed by atoms with Crippen molar-refractivity contribution >= 4 is 22.4 Å². The molecule has 0 aliphatic carbocycles. The van der Waals surface area contributed by atoms with Gasteiger partial charge in [0.2, 0.25) is 0 Å². The summed E-state index contributed by atoms with van der Waals surface area (Å²) in [6, 6.07) is 22.1. The number of para-hydroxylation sites is 1. The Bertz CT molecular complexity index is 1150. The second kappa shape index (κ2) is 7.56. The van der Waals surface area contributed by atoms with Gasteiger partial charge in [0.15, 0.2) is 11.6 Å². The highest BCUT2D eigenvalue weighted by atomic mass is 19.1. The summed E-state index contributed by atoms with van der Waals surface area (Å²) in [5, 5.41) is 5.33. The first-order valence-electron chi connectivity index (χ1n) is 9.00. The Kier molecular flexibility index (Phi) is 4.81. The summed E-state index contributed by atoms with van der Waals surface area (Å²) >= 11 is 0. The van der Waals surface area contributed by atoms with Gasteiger partial charge < -0.3 is 0 Å². The third-order valence-corrected chi connectivity index (χ3v) is 4.50. The molecule has 0 radical (unpaired) electrons. The van der Waals surface area contributed by atoms with E-state index in [2.05, 4.69) is 15.5 Å². The van der Waals surface area contributed by atoms with Crippen molar-refractivity contribution in [2.24, 2.45) is 5.10 Å². The van der Waals surface area contributed by atoms with E-state index in [1.54, 1.807) is 12.1 Å². The van der Waals surface area contributed by atoms with E-state index in [0.29, 0.717) is 11.6 Å². The van der Waals surface area contributed by atoms with Crippen LogP contribution in [0.2, 0.25) is 0 Å². The second-order valence-corrected chi connectivity index (χ2v) is 6.59. The maximum atomic E-state index is 13.1. The number of rotatable bonds is 4. The van der Waals surface area contributed by atoms with Crippen molar-refractivity contribution < 1.29 is 4.39 Å². The highest BCUT2D eigenvalue weighted by Crippen LogP contribution is 2.25. The van der Waals surface area contributed by atoms with Crippen molar-refractivity contribution in [3.05, 3.63) is 89.7 Å². The number of nitrogens with zero attached hydrogens (tertiary/aromatic N) is 3. The SMILES string of the molecule is C/C(=N/Nc1nc(-c2ccc(C)cc2)nc2ccccc12)c1ccc(F)cc1. The molecule has 0 bridgehead atoms. The van der Waals surface area contributed by atoms with Crippen LogP contribution < -0.4 is 5.43 Å². The molecule has 4 rings (SSSR count). The first-order chi connectivity index (χ1) is 13.6. The maximum absolute atomic E-state index is 13.1. The zero-order valence-electron chi connectivity index (χ0n) is 15.6. The number of benzene rings is 3. The van der Waals surface area contributed by atoms with E-state index in [4.69, 9.17) is 4.98 Å². The molecule has 0 aliphatic heterocycles. The summed E-state index contributed by atoms with van der Waals surface area (Å²) in [7, 11) is 0. The zero-order chi connectivity index (χ0) is 19.5. The van der Waals surface area contributed by atoms with Crippen LogP contribution >= 0.6 is 0 Å². The summed E-state index contributed by atoms with van der Waals surface area (Å²) in [6.45, 7) is 3.91. The standard InChI is InChI=1S/C23H19FN4/c1-15-7-9-18(10-8-15)22-25-21-6-4-3-5-20(21)23(26-22)28-27-16(2)17-11-13-19(24)14-12-17/h3-14H,1-2H3,(H,25,26,28)/b27-16-. The molecule has 0 unspecified atom stereocenters. The molecule has 0 saturated carbocycles. The normalized spacial score (nSPS) is 11.6. The molecule has 138 valence electrons. The van der Waals surface area contributed by atoms with Crippen LogP contribution in [0.1, 0.15) is 18.1 Å². The Morgan fingerprint density at radius 1 is 0.893 bits per heavy atom. The lowest BCUT2D eigenvalue weighted by Crippen LogP contribution is -2.03. The summed E-state index contributed by atoms with van der Waals surface area (Å²) in [5.41, 5.74) is 7.60. The van der Waals surface area contributed by atoms with E-state index < -0.39 is 0 Å². The van der Waals surface area contributed by atoms with Gasteiger partial charge in [0.1, 0.15) is 5.82 Å². The predicted octanol–water partition coefficient (Wildman–Crippen LogP) is 5.58. The maximum Gasteiger partial charge on any atom is 0.162 e. The average molecular weight is 370 g/mol. The van der Waals surface area contributed by atoms with Crippen LogP contribution in [0.3, 0.4) is 0 Å². The fourth-order valence-corrected chi connectivity index (χ4v) is 2.89. The average Bonchev–Trinajstić information content (AvgIpc) is 2.72. The lowest BCUT2D eigenvalue weighted by molar-refractivity contribution is 0.628. The Morgan fingerprint density at radius 3 is 2.36 bits per heavy atom. The molecule has 1 heterocycles. The molecule has 1 N–H and O–H groups in total. The van der Waals surface area contributed by atoms with Gasteiger partial charge in [-0.15, -0.1) is 0 Å². The van der Waals surface area contributed by atoms with E-state index >= 15 is 0 Å². The van der Waals surface area contributed by atoms with Crippen molar-refractivity contribution in [1.82, 2.24) is 9.97 Å². The number of anilines is 1. The lowest BCUT2D eigenvalue weighted by Gasteiger charge is -2.09. The summed E-state index contributed by atoms with van der Waals surface area (Å²) < 4.78 is 13.1. The van der Waals surface area contributed by atoms with Gasteiger partial charge in [-0.05, 0) is 43.7 Å². The first kappa shape index (κ1) is 17.8. The highest BCUT2D eigenvalue weighted by molar-refractivity contribution is 5.99. The number of aryl methyl sites for hydroxylation is 1. The molecule has 4 aromatic rings. The third kappa shape index (κ3) is 3.74. The number of hydrogen-bond donors (Lipinski definition) is 1. The van der Waals surface area contributed by atoms with Gasteiger partial charge in [0.25, 0.3) is 0 Å². The Hall–Kier alpha value is -3.60. The first-order valence-corrected chi connectivity index (χ1v) is 9.00. The molecule has 4 nitrogen and oxygen atoms in total. The Balaban J connectivity index is 1.73. The summed E-state index contributed by atoms with van der Waals surface area (Å²) in [4.78, 5) is 9.38. The van der Waals surface area contributed by atoms with Crippen molar-refractivity contribution in [1.29, 1.82) is 0 Å². The smallest absolute Gasteiger partial charge is 0.162 e. The minimum atomic E-state index is -0.269. The van der Waals surface area contributed by atoms with Crippen LogP contribution in [0.4, 0.5) is 10.2 Å². The van der Waals surface area contributed by atoms with Gasteiger partial charge in [-0.1, -0.05) is 54.1 Å². The highest BCUT2D eigenvalue weighted by Gasteiger charge is 2.09. The second-order valence-electron chi connectivity index (χ2n) is 6.59. The molecule has 0 spiro atoms. The fraction of sp³-hybridized carbons (Fsp3) is 0.0870. The van der Waals surface area contributed by atoms with Crippen LogP contribution in [-0.2, 0) is 0 Å². The third-order valence-electron chi connectivity index (χ3n) is 4.50. The minimum absolute atomic E-state index is 0.269. The number of nitrogens with one attached hydrogen (secondary N) is 1. The molecule has 0 aliphatic rings. The number of halogens is 1. The predicted molar refractivity (Wildman–Crippen MR) is 112 cm³/mol. The van der Waals surface area contributed by atoms with Gasteiger partial charge in [-0.25, -0.2) is 14.4 Å². The van der Waals surface area contributed by atoms with Crippen LogP contribution in [0.5, 0.6) is 0 Å². The van der Waals surface area contributed by atoms with E-state index in [1.165, 1.54) is 17.7 Å². The molecule has 5 heteroatoms. The van der Waals surface area contributed by atoms with E-state index in [-0.39, 0.29) is 5.82 Å². The quantitative estimate of drug-likeness (QED) is 0.377. The van der Waals surface area contributed by atoms with Gasteiger partial charge in [-0.3, -0.25) is 5.43 Å². The van der Waals surface area contributed by atoms with Crippen molar-refractivity contribution in [3.8, 4) is 11.4 Å². The molecule has 1 aromatic heterocycles. The molecular formula is C23H19FN4. The Labute approximate surface area is 162 Å². The van der Waals surface area contributed by atoms with E-state index in [9.17, 15) is 4.39 Å². The van der Waals surface area contributed by atoms with Gasteiger partial charge in [0, 0.05) is 10.9 Å². The van der Waals surface area contributed by atoms with Crippen LogP contribution in [0, 0.1) is 12.7 Å². The molecule has 0 fully saturated rings. The van der Waals surface area contributed by atoms with Crippen LogP contribution in [-0.4, -0.2) is 15.7 Å². The van der Waals surface area contributed by atoms with Gasteiger partial charge in [-0.2, -0.15) is 5.10 Å². The van der Waals surface area contributed by atoms with Crippen molar-refractivity contribution in [2.75, 3.05) is 5.43 Å². The Morgan fingerprint density at radius 2 is 1.61 bits per heavy atom. The van der Waals surface area contributed by atoms with E-state index in [0.717, 1.165) is 27.7 Å². The molecule has 0 atom stereocenters. The van der Waals surface area contributed by atoms with Crippen molar-refractivity contribution in [3.63, 3.8) is 0 Å². The lowest BCUT2D eigenvalue weighted by atomic mass is 10.1. The zero-order valence-corrected chi connectivity index (χ0v) is 15.6. The monoisotopic (exact) mass is 370 g/mol. The summed E-state index contributed by atoms with van der Waals surface area (Å²) in [5.74, 6) is 0.993. The molecular weight excluding hydrogens is 351 g/mol. The fourth-order valence-electron chi connectivity index (χ4n) is 2.89. The number of hydrazone groups is 1. The number of fused-ring (bicyclic) bond motifs is 1. The van der Waals surface area contributed by atoms with Crippen LogP contribution in [0.15, 0.2) is 77.9 Å². The largest absolute Gasteiger partial charge is 0.260 e. The van der Waals surface area contributed by atoms with Gasteiger partial charge >= 0.3 is 0 Å². The summed E-state index contributed by atoms with van der Waals surface area (Å²) in [6.07, 6.45) is 0. The van der Waals surface area contributed by atoms with Crippen molar-refractivity contribution in [2.45, 2.75) is 13.8 Å².